The second kappa shape index (κ2) is 9.42. The molecule has 0 atom stereocenters. The molecule has 1 aromatic heterocycles. The Hall–Kier alpha value is -0.790. The molecule has 9 nitrogen and oxygen atoms in total. The number of nitrogens with zero attached hydrogens (tertiary/aromatic N) is 4. The van der Waals surface area contributed by atoms with E-state index in [1.807, 2.05) is 0 Å². The van der Waals surface area contributed by atoms with Crippen LogP contribution in [-0.4, -0.2) is 33.8 Å². The predicted octanol–water partition coefficient (Wildman–Crippen LogP) is -0.528. The van der Waals surface area contributed by atoms with Gasteiger partial charge in [0.1, 0.15) is 4.90 Å². The second-order valence-electron chi connectivity index (χ2n) is 4.30. The smallest absolute Gasteiger partial charge is 0.858 e. The number of nitrogens with one attached hydrogen (secondary N) is 1. The maximum Gasteiger partial charge on any atom is 1.00 e. The van der Waals surface area contributed by atoms with Crippen molar-refractivity contribution in [2.24, 2.45) is 4.99 Å². The van der Waals surface area contributed by atoms with Crippen molar-refractivity contribution in [3.63, 3.8) is 0 Å². The van der Waals surface area contributed by atoms with Crippen LogP contribution in [0, 0.1) is 0 Å². The molecule has 0 aliphatic heterocycles. The summed E-state index contributed by atoms with van der Waals surface area (Å²) in [5.41, 5.74) is -0.0678. The predicted molar refractivity (Wildman–Crippen MR) is 94.5 cm³/mol. The van der Waals surface area contributed by atoms with Gasteiger partial charge in [0.15, 0.2) is 0 Å². The van der Waals surface area contributed by atoms with Crippen molar-refractivity contribution in [2.75, 3.05) is 5.32 Å². The molecule has 132 valence electrons. The Morgan fingerprint density at radius 1 is 1.27 bits per heavy atom. The molecule has 0 unspecified atom stereocenters. The SMILES string of the molecule is C=C(Br)C([O-])=Nc1ccc(S(=O)(=O)O)c(Nc2nc(Cl)nc(Cl)n2)c1.[Na+]. The van der Waals surface area contributed by atoms with E-state index in [0.717, 1.165) is 6.07 Å². The molecule has 0 aliphatic rings. The van der Waals surface area contributed by atoms with Crippen LogP contribution in [0.5, 0.6) is 0 Å². The molecule has 0 aliphatic carbocycles. The summed E-state index contributed by atoms with van der Waals surface area (Å²) in [6, 6.07) is 3.45. The fraction of sp³-hybridized carbons (Fsp3) is 0. The summed E-state index contributed by atoms with van der Waals surface area (Å²) in [5, 5.41) is 13.6. The Bertz CT molecular complexity index is 969. The number of aliphatic imine (C=N–C) groups is 1. The van der Waals surface area contributed by atoms with Crippen LogP contribution in [0.15, 0.2) is 39.1 Å². The average Bonchev–Trinajstić information content (AvgIpc) is 2.44. The van der Waals surface area contributed by atoms with Crippen molar-refractivity contribution in [1.29, 1.82) is 0 Å². The first-order chi connectivity index (χ1) is 11.6. The minimum absolute atomic E-state index is 0. The van der Waals surface area contributed by atoms with Gasteiger partial charge in [-0.1, -0.05) is 22.5 Å². The minimum Gasteiger partial charge on any atom is -0.858 e. The topological polar surface area (TPSA) is 140 Å². The van der Waals surface area contributed by atoms with Crippen LogP contribution in [0.2, 0.25) is 10.6 Å². The Kier molecular flexibility index (Phi) is 8.42. The fourth-order valence-corrected chi connectivity index (χ4v) is 2.67. The van der Waals surface area contributed by atoms with Gasteiger partial charge in [-0.15, -0.1) is 0 Å². The molecule has 14 heteroatoms. The number of rotatable bonds is 5. The Morgan fingerprint density at radius 2 is 1.85 bits per heavy atom. The molecule has 2 rings (SSSR count). The van der Waals surface area contributed by atoms with Gasteiger partial charge in [-0.3, -0.25) is 9.55 Å². The average molecular weight is 491 g/mol. The summed E-state index contributed by atoms with van der Waals surface area (Å²) >= 11 is 14.2. The molecule has 0 amide bonds. The van der Waals surface area contributed by atoms with Gasteiger partial charge in [0.2, 0.25) is 16.5 Å². The number of halogens is 3. The van der Waals surface area contributed by atoms with Crippen LogP contribution >= 0.6 is 39.1 Å². The summed E-state index contributed by atoms with van der Waals surface area (Å²) in [6.07, 6.45) is 0. The van der Waals surface area contributed by atoms with E-state index in [1.54, 1.807) is 0 Å². The quantitative estimate of drug-likeness (QED) is 0.246. The van der Waals surface area contributed by atoms with Gasteiger partial charge in [-0.05, 0) is 41.4 Å². The summed E-state index contributed by atoms with van der Waals surface area (Å²) in [4.78, 5) is 14.2. The Labute approximate surface area is 188 Å². The number of hydrogen-bond acceptors (Lipinski definition) is 8. The summed E-state index contributed by atoms with van der Waals surface area (Å²) < 4.78 is 32.4. The molecule has 0 radical (unpaired) electrons. The largest absolute Gasteiger partial charge is 1.00 e. The molecule has 2 N–H and O–H groups in total. The minimum atomic E-state index is -4.59. The van der Waals surface area contributed by atoms with E-state index in [1.165, 1.54) is 12.1 Å². The van der Waals surface area contributed by atoms with E-state index in [-0.39, 0.29) is 61.9 Å². The molecular formula is C12H7BrCl2N5NaO4S. The first-order valence-corrected chi connectivity index (χ1v) is 9.11. The van der Waals surface area contributed by atoms with Gasteiger partial charge in [0, 0.05) is 10.4 Å². The van der Waals surface area contributed by atoms with Crippen LogP contribution in [-0.2, 0) is 10.1 Å². The van der Waals surface area contributed by atoms with Crippen LogP contribution in [0.4, 0.5) is 17.3 Å². The molecule has 1 heterocycles. The summed E-state index contributed by atoms with van der Waals surface area (Å²) in [7, 11) is -4.59. The van der Waals surface area contributed by atoms with E-state index in [9.17, 15) is 18.1 Å². The van der Waals surface area contributed by atoms with E-state index < -0.39 is 20.9 Å². The molecule has 1 aromatic carbocycles. The van der Waals surface area contributed by atoms with Gasteiger partial charge < -0.3 is 10.4 Å². The number of benzene rings is 1. The van der Waals surface area contributed by atoms with Crippen LogP contribution in [0.1, 0.15) is 0 Å². The van der Waals surface area contributed by atoms with Gasteiger partial charge in [0.05, 0.1) is 11.4 Å². The molecule has 0 fully saturated rings. The zero-order valence-electron chi connectivity index (χ0n) is 12.9. The molecule has 0 saturated heterocycles. The van der Waals surface area contributed by atoms with Gasteiger partial charge in [-0.25, -0.2) is 0 Å². The number of anilines is 2. The molecule has 0 bridgehead atoms. The van der Waals surface area contributed by atoms with Crippen molar-refractivity contribution in [3.05, 3.63) is 39.8 Å². The second-order valence-corrected chi connectivity index (χ2v) is 7.32. The third kappa shape index (κ3) is 6.43. The molecule has 0 saturated carbocycles. The Morgan fingerprint density at radius 3 is 2.35 bits per heavy atom. The normalized spacial score (nSPS) is 11.6. The Balaban J connectivity index is 0.00000338. The summed E-state index contributed by atoms with van der Waals surface area (Å²) in [5.74, 6) is -0.847. The van der Waals surface area contributed by atoms with Crippen molar-refractivity contribution in [1.82, 2.24) is 15.0 Å². The van der Waals surface area contributed by atoms with Gasteiger partial charge >= 0.3 is 29.6 Å². The number of aromatic nitrogens is 3. The standard InChI is InChI=1S/C12H8BrCl2N5O4S.Na/c1-5(13)9(21)16-6-2-3-8(25(22,23)24)7(4-6)17-12-19-10(14)18-11(15)20-12;/h2-4H,1H2,(H,16,21)(H,22,23,24)(H,17,18,19,20);/q;+1/p-1. The number of hydrogen-bond donors (Lipinski definition) is 2. The van der Waals surface area contributed by atoms with Crippen molar-refractivity contribution in [3.8, 4) is 0 Å². The van der Waals surface area contributed by atoms with E-state index in [0.29, 0.717) is 0 Å². The first kappa shape index (κ1) is 23.2. The van der Waals surface area contributed by atoms with Gasteiger partial charge in [-0.2, -0.15) is 23.4 Å². The van der Waals surface area contributed by atoms with Crippen molar-refractivity contribution >= 4 is 72.5 Å². The summed E-state index contributed by atoms with van der Waals surface area (Å²) in [6.45, 7) is 3.38. The molecule has 0 spiro atoms. The first-order valence-electron chi connectivity index (χ1n) is 6.12. The van der Waals surface area contributed by atoms with Crippen molar-refractivity contribution < 1.29 is 47.6 Å². The molecule has 26 heavy (non-hydrogen) atoms. The maximum absolute atomic E-state index is 11.6. The van der Waals surface area contributed by atoms with Crippen molar-refractivity contribution in [2.45, 2.75) is 4.90 Å². The third-order valence-corrected chi connectivity index (χ3v) is 4.12. The zero-order valence-corrected chi connectivity index (χ0v) is 18.9. The van der Waals surface area contributed by atoms with Crippen LogP contribution in [0.25, 0.3) is 0 Å². The van der Waals surface area contributed by atoms with Crippen LogP contribution in [0.3, 0.4) is 0 Å². The van der Waals surface area contributed by atoms with E-state index in [2.05, 4.69) is 47.8 Å². The maximum atomic E-state index is 11.6. The molecular weight excluding hydrogens is 484 g/mol. The zero-order chi connectivity index (χ0) is 18.8. The monoisotopic (exact) mass is 489 g/mol. The third-order valence-electron chi connectivity index (χ3n) is 2.53. The molecule has 2 aromatic rings. The van der Waals surface area contributed by atoms with Crippen LogP contribution < -0.4 is 40.0 Å². The van der Waals surface area contributed by atoms with Gasteiger partial charge in [0.25, 0.3) is 10.1 Å². The fourth-order valence-electron chi connectivity index (χ4n) is 1.59. The van der Waals surface area contributed by atoms with E-state index in [4.69, 9.17) is 23.2 Å². The van der Waals surface area contributed by atoms with E-state index >= 15 is 0 Å².